The van der Waals surface area contributed by atoms with Gasteiger partial charge in [0.05, 0.1) is 28.1 Å². The molecule has 0 N–H and O–H groups in total. The number of hydrogen-bond acceptors (Lipinski definition) is 3. The first-order valence-electron chi connectivity index (χ1n) is 15.8. The third kappa shape index (κ3) is 4.84. The van der Waals surface area contributed by atoms with Crippen molar-refractivity contribution in [1.82, 2.24) is 19.5 Å². The quantitative estimate of drug-likeness (QED) is 0.197. The Morgan fingerprint density at radius 2 is 1.15 bits per heavy atom. The average molecular weight is 601 g/mol. The SMILES string of the molecule is c1ccc(-n2c3ccncc3c3cc(-c4cccc(-c5cc(-c6ccc7ccccc7c6)nc(-c6ccccn6)c5)c4)ccc32)cc1. The largest absolute Gasteiger partial charge is 0.309 e. The summed E-state index contributed by atoms with van der Waals surface area (Å²) < 4.78 is 2.32. The van der Waals surface area contributed by atoms with Gasteiger partial charge < -0.3 is 4.57 Å². The highest BCUT2D eigenvalue weighted by Gasteiger charge is 2.15. The molecule has 0 saturated heterocycles. The highest BCUT2D eigenvalue weighted by Crippen LogP contribution is 2.36. The standard InChI is InChI=1S/C43H28N4/c1-2-13-36(14-3-1)47-42-19-18-33(25-37(42)38-28-44-22-20-43(38)47)31-11-8-12-32(23-31)35-26-40(46-41(27-35)39-15-6-7-21-45-39)34-17-16-29-9-4-5-10-30(29)24-34/h1-28H. The van der Waals surface area contributed by atoms with Gasteiger partial charge in [-0.15, -0.1) is 0 Å². The number of fused-ring (bicyclic) bond motifs is 4. The van der Waals surface area contributed by atoms with Crippen molar-refractivity contribution < 1.29 is 0 Å². The predicted octanol–water partition coefficient (Wildman–Crippen LogP) is 10.8. The Hall–Kier alpha value is -6.39. The van der Waals surface area contributed by atoms with E-state index in [-0.39, 0.29) is 0 Å². The second kappa shape index (κ2) is 11.2. The number of para-hydroxylation sites is 1. The van der Waals surface area contributed by atoms with Crippen LogP contribution in [0.2, 0.25) is 0 Å². The third-order valence-corrected chi connectivity index (χ3v) is 8.91. The number of nitrogens with zero attached hydrogens (tertiary/aromatic N) is 4. The Kier molecular flexibility index (Phi) is 6.43. The fourth-order valence-corrected chi connectivity index (χ4v) is 6.62. The van der Waals surface area contributed by atoms with Crippen LogP contribution in [0.15, 0.2) is 170 Å². The van der Waals surface area contributed by atoms with Gasteiger partial charge in [-0.3, -0.25) is 9.97 Å². The molecular weight excluding hydrogens is 573 g/mol. The summed E-state index contributed by atoms with van der Waals surface area (Å²) in [6.45, 7) is 0. The maximum absolute atomic E-state index is 5.11. The lowest BCUT2D eigenvalue weighted by molar-refractivity contribution is 1.17. The molecule has 0 spiro atoms. The van der Waals surface area contributed by atoms with Gasteiger partial charge in [0.25, 0.3) is 0 Å². The van der Waals surface area contributed by atoms with Gasteiger partial charge in [0.1, 0.15) is 0 Å². The normalized spacial score (nSPS) is 11.4. The minimum Gasteiger partial charge on any atom is -0.309 e. The summed E-state index contributed by atoms with van der Waals surface area (Å²) in [4.78, 5) is 14.2. The smallest absolute Gasteiger partial charge is 0.0899 e. The molecular formula is C43H28N4. The molecule has 0 unspecified atom stereocenters. The Morgan fingerprint density at radius 1 is 0.404 bits per heavy atom. The zero-order valence-electron chi connectivity index (χ0n) is 25.5. The first kappa shape index (κ1) is 27.0. The highest BCUT2D eigenvalue weighted by atomic mass is 15.0. The number of aromatic nitrogens is 4. The fraction of sp³-hybridized carbons (Fsp3) is 0. The summed E-state index contributed by atoms with van der Waals surface area (Å²) in [6, 6.07) is 53.4. The van der Waals surface area contributed by atoms with Crippen LogP contribution in [0.1, 0.15) is 0 Å². The molecule has 0 saturated carbocycles. The highest BCUT2D eigenvalue weighted by molar-refractivity contribution is 6.10. The molecule has 4 nitrogen and oxygen atoms in total. The summed E-state index contributed by atoms with van der Waals surface area (Å²) >= 11 is 0. The van der Waals surface area contributed by atoms with Crippen molar-refractivity contribution in [3.63, 3.8) is 0 Å². The molecule has 0 aliphatic heterocycles. The molecule has 0 aliphatic rings. The van der Waals surface area contributed by atoms with Crippen molar-refractivity contribution in [2.45, 2.75) is 0 Å². The van der Waals surface area contributed by atoms with E-state index in [0.717, 1.165) is 67.0 Å². The molecule has 47 heavy (non-hydrogen) atoms. The van der Waals surface area contributed by atoms with E-state index in [9.17, 15) is 0 Å². The van der Waals surface area contributed by atoms with E-state index in [4.69, 9.17) is 4.98 Å². The lowest BCUT2D eigenvalue weighted by atomic mass is 9.96. The molecule has 4 heterocycles. The zero-order valence-corrected chi connectivity index (χ0v) is 25.5. The van der Waals surface area contributed by atoms with E-state index in [1.807, 2.05) is 36.8 Å². The van der Waals surface area contributed by atoms with Crippen LogP contribution < -0.4 is 0 Å². The van der Waals surface area contributed by atoms with Crippen molar-refractivity contribution in [1.29, 1.82) is 0 Å². The first-order chi connectivity index (χ1) is 23.3. The topological polar surface area (TPSA) is 43.6 Å². The van der Waals surface area contributed by atoms with Crippen LogP contribution in [0.4, 0.5) is 0 Å². The zero-order chi connectivity index (χ0) is 31.2. The van der Waals surface area contributed by atoms with Gasteiger partial charge >= 0.3 is 0 Å². The van der Waals surface area contributed by atoms with Gasteiger partial charge in [-0.05, 0) is 99.8 Å². The van der Waals surface area contributed by atoms with Crippen LogP contribution in [-0.2, 0) is 0 Å². The lowest BCUT2D eigenvalue weighted by Gasteiger charge is -2.12. The van der Waals surface area contributed by atoms with Crippen LogP contribution in [0.25, 0.3) is 83.2 Å². The van der Waals surface area contributed by atoms with Crippen molar-refractivity contribution in [3.8, 4) is 50.6 Å². The van der Waals surface area contributed by atoms with E-state index < -0.39 is 0 Å². The van der Waals surface area contributed by atoms with Gasteiger partial charge in [0.15, 0.2) is 0 Å². The van der Waals surface area contributed by atoms with Crippen LogP contribution in [0.3, 0.4) is 0 Å². The van der Waals surface area contributed by atoms with E-state index in [1.165, 1.54) is 16.2 Å². The first-order valence-corrected chi connectivity index (χ1v) is 15.8. The van der Waals surface area contributed by atoms with Crippen molar-refractivity contribution >= 4 is 32.6 Å². The monoisotopic (exact) mass is 600 g/mol. The number of benzene rings is 5. The molecule has 4 heteroatoms. The van der Waals surface area contributed by atoms with Crippen LogP contribution in [-0.4, -0.2) is 19.5 Å². The Bertz CT molecular complexity index is 2570. The van der Waals surface area contributed by atoms with Crippen molar-refractivity contribution in [2.75, 3.05) is 0 Å². The van der Waals surface area contributed by atoms with Gasteiger partial charge in [0.2, 0.25) is 0 Å². The molecule has 220 valence electrons. The third-order valence-electron chi connectivity index (χ3n) is 8.91. The van der Waals surface area contributed by atoms with Crippen LogP contribution in [0, 0.1) is 0 Å². The Balaban J connectivity index is 1.18. The number of hydrogen-bond donors (Lipinski definition) is 0. The number of pyridine rings is 3. The molecule has 0 radical (unpaired) electrons. The molecule has 0 atom stereocenters. The van der Waals surface area contributed by atoms with E-state index in [1.54, 1.807) is 0 Å². The van der Waals surface area contributed by atoms with Crippen molar-refractivity contribution in [2.24, 2.45) is 0 Å². The van der Waals surface area contributed by atoms with Gasteiger partial charge in [-0.25, -0.2) is 4.98 Å². The van der Waals surface area contributed by atoms with Crippen LogP contribution in [0.5, 0.6) is 0 Å². The molecule has 5 aromatic carbocycles. The summed E-state index contributed by atoms with van der Waals surface area (Å²) in [5, 5.41) is 4.72. The maximum Gasteiger partial charge on any atom is 0.0899 e. The van der Waals surface area contributed by atoms with E-state index in [2.05, 4.69) is 148 Å². The molecule has 9 aromatic rings. The molecule has 0 aliphatic carbocycles. The molecule has 9 rings (SSSR count). The summed E-state index contributed by atoms with van der Waals surface area (Å²) in [5.74, 6) is 0. The summed E-state index contributed by atoms with van der Waals surface area (Å²) in [5.41, 5.74) is 11.7. The molecule has 4 aromatic heterocycles. The number of rotatable bonds is 5. The second-order valence-corrected chi connectivity index (χ2v) is 11.8. The molecule has 0 fully saturated rings. The Morgan fingerprint density at radius 3 is 2.02 bits per heavy atom. The molecule has 0 amide bonds. The summed E-state index contributed by atoms with van der Waals surface area (Å²) in [6.07, 6.45) is 5.66. The maximum atomic E-state index is 5.11. The lowest BCUT2D eigenvalue weighted by Crippen LogP contribution is -1.93. The minimum atomic E-state index is 0.847. The van der Waals surface area contributed by atoms with Gasteiger partial charge in [-0.2, -0.15) is 0 Å². The van der Waals surface area contributed by atoms with Gasteiger partial charge in [0, 0.05) is 40.6 Å². The second-order valence-electron chi connectivity index (χ2n) is 11.8. The fourth-order valence-electron chi connectivity index (χ4n) is 6.62. The van der Waals surface area contributed by atoms with Gasteiger partial charge in [-0.1, -0.05) is 84.9 Å². The van der Waals surface area contributed by atoms with Crippen molar-refractivity contribution in [3.05, 3.63) is 170 Å². The van der Waals surface area contributed by atoms with E-state index in [0.29, 0.717) is 0 Å². The van der Waals surface area contributed by atoms with Crippen LogP contribution >= 0.6 is 0 Å². The molecule has 0 bridgehead atoms. The average Bonchev–Trinajstić information content (AvgIpc) is 3.49. The minimum absolute atomic E-state index is 0.847. The Labute approximate surface area is 272 Å². The summed E-state index contributed by atoms with van der Waals surface area (Å²) in [7, 11) is 0. The predicted molar refractivity (Wildman–Crippen MR) is 193 cm³/mol. The van der Waals surface area contributed by atoms with E-state index >= 15 is 0 Å².